The maximum Gasteiger partial charge on any atom is 0.145 e. The summed E-state index contributed by atoms with van der Waals surface area (Å²) in [6, 6.07) is 42.7. The van der Waals surface area contributed by atoms with Crippen LogP contribution in [0.4, 0.5) is 0 Å². The molecule has 2 aliphatic carbocycles. The first kappa shape index (κ1) is 60.6. The number of fused-ring (bicyclic) bond motifs is 11. The second kappa shape index (κ2) is 21.4. The largest absolute Gasteiger partial charge is 0.507 e. The molecule has 86 heavy (non-hydrogen) atoms. The first-order valence-corrected chi connectivity index (χ1v) is 31.0. The molecule has 9 heteroatoms. The molecule has 2 aromatic heterocycles. The number of hydrogen-bond donors (Lipinski definition) is 1. The van der Waals surface area contributed by atoms with E-state index in [1.54, 1.807) is 12.3 Å². The van der Waals surface area contributed by atoms with E-state index in [2.05, 4.69) is 154 Å². The number of phenolic OH excluding ortho intramolecular Hbond substituents is 1. The lowest BCUT2D eigenvalue weighted by Gasteiger charge is -2.28. The van der Waals surface area contributed by atoms with Crippen molar-refractivity contribution in [2.24, 2.45) is 21.7 Å². The SMILES string of the molecule is CC(C)(C)C(=O)CC(=O)C(C)(C)C.CC(C)(C)Cc1c(O)c(-c2nccc3cc(Cl)cc(Cl)c23)cc2cc3c(cc12)C(C)(C)c1ccccc1-3.CC(C)(C)Cc1c2c(cc3cc4c(cc13)C(C)(C)c1ccccc1-4)-c1nccc3cc(Cl)cc(c13)O2. The lowest BCUT2D eigenvalue weighted by atomic mass is 9.79. The van der Waals surface area contributed by atoms with Crippen molar-refractivity contribution >= 4 is 89.5 Å². The minimum absolute atomic E-state index is 0.0208. The Morgan fingerprint density at radius 3 is 1.41 bits per heavy atom. The van der Waals surface area contributed by atoms with Crippen LogP contribution in [0, 0.1) is 21.7 Å². The van der Waals surface area contributed by atoms with Gasteiger partial charge in [0.15, 0.2) is 0 Å². The molecule has 6 nitrogen and oxygen atoms in total. The maximum atomic E-state index is 11.9. The Kier molecular flexibility index (Phi) is 15.0. The number of carbonyl (C=O) groups is 2. The third-order valence-electron chi connectivity index (χ3n) is 17.5. The normalized spacial score (nSPS) is 14.3. The summed E-state index contributed by atoms with van der Waals surface area (Å²) in [4.78, 5) is 32.6. The van der Waals surface area contributed by atoms with E-state index < -0.39 is 10.8 Å². The van der Waals surface area contributed by atoms with Crippen LogP contribution >= 0.6 is 34.8 Å². The number of halogens is 3. The Morgan fingerprint density at radius 1 is 0.477 bits per heavy atom. The van der Waals surface area contributed by atoms with Crippen LogP contribution in [0.15, 0.2) is 134 Å². The molecule has 3 heterocycles. The summed E-state index contributed by atoms with van der Waals surface area (Å²) in [6.07, 6.45) is 5.30. The number of hydrogen-bond acceptors (Lipinski definition) is 6. The number of pyridine rings is 2. The van der Waals surface area contributed by atoms with Crippen LogP contribution in [-0.2, 0) is 33.3 Å². The van der Waals surface area contributed by atoms with Gasteiger partial charge in [-0.3, -0.25) is 19.6 Å². The smallest absolute Gasteiger partial charge is 0.145 e. The molecule has 0 amide bonds. The molecule has 0 spiro atoms. The zero-order valence-electron chi connectivity index (χ0n) is 52.5. The number of Topliss-reactive ketones (excluding diaryl/α,β-unsaturated/α-hetero) is 2. The van der Waals surface area contributed by atoms with E-state index in [-0.39, 0.29) is 45.4 Å². The molecular weight excluding hydrogens is 1120 g/mol. The van der Waals surface area contributed by atoms with Crippen LogP contribution < -0.4 is 4.74 Å². The van der Waals surface area contributed by atoms with Crippen LogP contribution in [0.25, 0.3) is 87.9 Å². The number of phenols is 1. The fraction of sp³-hybridized carbons (Fsp3) is 0.325. The van der Waals surface area contributed by atoms with Gasteiger partial charge >= 0.3 is 0 Å². The van der Waals surface area contributed by atoms with Gasteiger partial charge in [-0.25, -0.2) is 0 Å². The Hall–Kier alpha value is -7.09. The van der Waals surface area contributed by atoms with Gasteiger partial charge in [0.1, 0.15) is 28.8 Å². The van der Waals surface area contributed by atoms with E-state index in [1.165, 1.54) is 60.8 Å². The fourth-order valence-electron chi connectivity index (χ4n) is 12.9. The number of rotatable bonds is 5. The van der Waals surface area contributed by atoms with E-state index >= 15 is 0 Å². The van der Waals surface area contributed by atoms with Crippen molar-refractivity contribution in [2.75, 3.05) is 0 Å². The molecule has 3 aliphatic rings. The molecule has 8 aromatic carbocycles. The molecule has 10 aromatic rings. The lowest BCUT2D eigenvalue weighted by Crippen LogP contribution is -2.28. The van der Waals surface area contributed by atoms with E-state index in [1.807, 2.05) is 78.1 Å². The summed E-state index contributed by atoms with van der Waals surface area (Å²) in [6.45, 7) is 33.8. The number of carbonyl (C=O) groups excluding carboxylic acids is 2. The number of nitrogens with zero attached hydrogens (tertiary/aromatic N) is 2. The summed E-state index contributed by atoms with van der Waals surface area (Å²) in [5.74, 6) is 2.01. The van der Waals surface area contributed by atoms with Crippen LogP contribution in [0.3, 0.4) is 0 Å². The van der Waals surface area contributed by atoms with E-state index in [0.717, 1.165) is 73.5 Å². The monoisotopic (exact) mass is 1200 g/mol. The van der Waals surface area contributed by atoms with Gasteiger partial charge in [0.25, 0.3) is 0 Å². The van der Waals surface area contributed by atoms with Crippen molar-refractivity contribution in [3.8, 4) is 62.0 Å². The fourth-order valence-corrected chi connectivity index (χ4v) is 13.8. The van der Waals surface area contributed by atoms with E-state index in [4.69, 9.17) is 49.5 Å². The van der Waals surface area contributed by atoms with E-state index in [0.29, 0.717) is 26.3 Å². The van der Waals surface area contributed by atoms with Crippen molar-refractivity contribution in [2.45, 2.75) is 141 Å². The first-order valence-electron chi connectivity index (χ1n) is 29.9. The third kappa shape index (κ3) is 11.0. The van der Waals surface area contributed by atoms with Gasteiger partial charge in [0.05, 0.1) is 28.2 Å². The molecule has 0 unspecified atom stereocenters. The molecule has 1 N–H and O–H groups in total. The summed E-state index contributed by atoms with van der Waals surface area (Å²) in [5, 5.41) is 22.1. The predicted molar refractivity (Wildman–Crippen MR) is 361 cm³/mol. The minimum Gasteiger partial charge on any atom is -0.507 e. The van der Waals surface area contributed by atoms with Crippen molar-refractivity contribution in [3.63, 3.8) is 0 Å². The Labute approximate surface area is 522 Å². The molecule has 0 bridgehead atoms. The summed E-state index contributed by atoms with van der Waals surface area (Å²) < 4.78 is 6.72. The molecule has 0 atom stereocenters. The van der Waals surface area contributed by atoms with Crippen LogP contribution in [0.1, 0.15) is 151 Å². The zero-order valence-corrected chi connectivity index (χ0v) is 54.8. The highest BCUT2D eigenvalue weighted by Crippen LogP contribution is 2.56. The van der Waals surface area contributed by atoms with Crippen molar-refractivity contribution < 1.29 is 19.4 Å². The summed E-state index contributed by atoms with van der Waals surface area (Å²) in [5.41, 5.74) is 15.3. The van der Waals surface area contributed by atoms with Crippen LogP contribution in [0.5, 0.6) is 17.2 Å². The zero-order chi connectivity index (χ0) is 62.1. The van der Waals surface area contributed by atoms with Gasteiger partial charge < -0.3 is 9.84 Å². The Morgan fingerprint density at radius 2 is 0.907 bits per heavy atom. The van der Waals surface area contributed by atoms with Gasteiger partial charge in [-0.1, -0.05) is 194 Å². The van der Waals surface area contributed by atoms with Gasteiger partial charge in [-0.05, 0) is 167 Å². The van der Waals surface area contributed by atoms with Gasteiger partial charge in [-0.15, -0.1) is 0 Å². The topological polar surface area (TPSA) is 89.4 Å². The lowest BCUT2D eigenvalue weighted by molar-refractivity contribution is -0.135. The Bertz CT molecular complexity index is 4460. The molecular formula is C77H77Cl3N2O4. The highest BCUT2D eigenvalue weighted by Gasteiger charge is 2.39. The predicted octanol–water partition coefficient (Wildman–Crippen LogP) is 22.3. The molecule has 440 valence electrons. The minimum atomic E-state index is -0.402. The maximum absolute atomic E-state index is 11.9. The Balaban J connectivity index is 0.000000149. The van der Waals surface area contributed by atoms with E-state index in [9.17, 15) is 14.7 Å². The van der Waals surface area contributed by atoms with Crippen LogP contribution in [-0.4, -0.2) is 26.6 Å². The van der Waals surface area contributed by atoms with Gasteiger partial charge in [-0.2, -0.15) is 0 Å². The van der Waals surface area contributed by atoms with Crippen LogP contribution in [0.2, 0.25) is 15.1 Å². The molecule has 0 radical (unpaired) electrons. The standard InChI is InChI=1S/C33H29Cl2NO.C33H28ClNO.C11H20O2/c1-32(2,3)17-25-22-16-27-23(21-8-6-7-9-26(21)33(27,4)5)13-19(22)14-24(31(25)37)30-29-18(10-11-36-30)12-20(34)15-28(29)35;1-32(2,3)17-25-22-16-27-23(21-8-6-7-9-26(21)33(27,4)5)13-19(22)14-24-30-29-18(10-11-35-30)12-20(34)15-28(29)36-31(24)25;1-10(2,3)8(12)7-9(13)11(4,5)6/h6-16,37H,17H2,1-5H3;6-16H,17H2,1-5H3;7H2,1-6H3. The second-order valence-electron chi connectivity index (χ2n) is 29.5. The highest BCUT2D eigenvalue weighted by atomic mass is 35.5. The number of ketones is 2. The number of benzene rings is 8. The van der Waals surface area contributed by atoms with Gasteiger partial charge in [0, 0.05) is 77.8 Å². The first-order chi connectivity index (χ1) is 40.1. The molecule has 0 saturated carbocycles. The molecule has 0 saturated heterocycles. The molecule has 0 fully saturated rings. The number of ether oxygens (including phenoxy) is 1. The third-order valence-corrected chi connectivity index (χ3v) is 18.3. The van der Waals surface area contributed by atoms with Crippen molar-refractivity contribution in [1.82, 2.24) is 9.97 Å². The summed E-state index contributed by atoms with van der Waals surface area (Å²) in [7, 11) is 0. The quantitative estimate of drug-likeness (QED) is 0.173. The highest BCUT2D eigenvalue weighted by molar-refractivity contribution is 6.39. The van der Waals surface area contributed by atoms with Crippen molar-refractivity contribution in [1.29, 1.82) is 0 Å². The van der Waals surface area contributed by atoms with Crippen molar-refractivity contribution in [3.05, 3.63) is 182 Å². The second-order valence-corrected chi connectivity index (χ2v) is 30.7. The number of aromatic hydroxyl groups is 1. The average Bonchev–Trinajstić information content (AvgIpc) is 1.40. The van der Waals surface area contributed by atoms with Gasteiger partial charge in [0.2, 0.25) is 0 Å². The molecule has 1 aliphatic heterocycles. The summed E-state index contributed by atoms with van der Waals surface area (Å²) >= 11 is 19.5. The number of aromatic nitrogens is 2. The average molecular weight is 1200 g/mol. The molecule has 13 rings (SSSR count).